The molecule has 7 rings (SSSR count). The molecular formula is C40H41N3O2. The second-order valence-electron chi connectivity index (χ2n) is 13.6. The Hall–Kier alpha value is -4.64. The zero-order chi connectivity index (χ0) is 31.5. The van der Waals surface area contributed by atoms with Crippen molar-refractivity contribution >= 4 is 22.4 Å². The minimum Gasteiger partial charge on any atom is -0.506 e. The van der Waals surface area contributed by atoms with E-state index in [-0.39, 0.29) is 23.2 Å². The third-order valence-electron chi connectivity index (χ3n) is 9.61. The van der Waals surface area contributed by atoms with E-state index in [9.17, 15) is 5.11 Å². The summed E-state index contributed by atoms with van der Waals surface area (Å²) in [5, 5.41) is 11.2. The fraction of sp³-hybridized carbons (Fsp3) is 0.300. The van der Waals surface area contributed by atoms with Gasteiger partial charge >= 0.3 is 0 Å². The number of fused-ring (bicyclic) bond motifs is 3. The first kappa shape index (κ1) is 29.1. The molecule has 2 heterocycles. The highest BCUT2D eigenvalue weighted by Gasteiger charge is 2.51. The molecule has 0 unspecified atom stereocenters. The third-order valence-corrected chi connectivity index (χ3v) is 9.61. The van der Waals surface area contributed by atoms with Crippen LogP contribution in [0, 0.1) is 0 Å². The number of rotatable bonds is 6. The Labute approximate surface area is 266 Å². The van der Waals surface area contributed by atoms with Crippen LogP contribution in [0.2, 0.25) is 0 Å². The van der Waals surface area contributed by atoms with Gasteiger partial charge in [0.05, 0.1) is 12.1 Å². The summed E-state index contributed by atoms with van der Waals surface area (Å²) in [6.07, 6.45) is 0.909. The molecular weight excluding hydrogens is 554 g/mol. The molecule has 1 aliphatic heterocycles. The molecule has 1 N–H and O–H groups in total. The van der Waals surface area contributed by atoms with Crippen LogP contribution in [-0.4, -0.2) is 28.0 Å². The Morgan fingerprint density at radius 1 is 0.822 bits per heavy atom. The molecule has 0 saturated heterocycles. The summed E-state index contributed by atoms with van der Waals surface area (Å²) in [5.74, 6) is 2.93. The number of aliphatic imine (C=N–C) groups is 1. The normalized spacial score (nSPS) is 18.7. The van der Waals surface area contributed by atoms with Crippen molar-refractivity contribution < 1.29 is 9.84 Å². The molecule has 0 fully saturated rings. The molecule has 45 heavy (non-hydrogen) atoms. The van der Waals surface area contributed by atoms with E-state index in [1.807, 2.05) is 36.4 Å². The number of benzene rings is 4. The molecule has 228 valence electrons. The molecule has 1 aromatic heterocycles. The van der Waals surface area contributed by atoms with Crippen LogP contribution in [0.15, 0.2) is 102 Å². The molecule has 5 aromatic rings. The molecule has 0 bridgehead atoms. The van der Waals surface area contributed by atoms with E-state index in [0.717, 1.165) is 23.2 Å². The van der Waals surface area contributed by atoms with Crippen molar-refractivity contribution in [3.8, 4) is 17.4 Å². The third kappa shape index (κ3) is 4.95. The number of nitrogens with zero attached hydrogens (tertiary/aromatic N) is 3. The lowest BCUT2D eigenvalue weighted by atomic mass is 9.67. The Morgan fingerprint density at radius 3 is 2.29 bits per heavy atom. The summed E-state index contributed by atoms with van der Waals surface area (Å²) in [4.78, 5) is 12.8. The maximum Gasteiger partial charge on any atom is 0.219 e. The first-order chi connectivity index (χ1) is 21.6. The zero-order valence-corrected chi connectivity index (χ0v) is 27.0. The SMILES string of the molecule is CC(C)c1cccc(C(C)C)c1N1C(c2cccc(Oc3ccc4cccc(O)c4n3)c2)=N[C@H]2Cc3ccccc3C(C)(C)[C@H]21. The first-order valence-electron chi connectivity index (χ1n) is 16.1. The number of hydrogen-bond acceptors (Lipinski definition) is 5. The maximum absolute atomic E-state index is 10.4. The van der Waals surface area contributed by atoms with Crippen LogP contribution in [0.1, 0.15) is 81.2 Å². The summed E-state index contributed by atoms with van der Waals surface area (Å²) in [6, 6.07) is 33.3. The molecule has 0 saturated carbocycles. The van der Waals surface area contributed by atoms with Crippen molar-refractivity contribution in [1.82, 2.24) is 4.98 Å². The Kier molecular flexibility index (Phi) is 7.15. The fourth-order valence-electron chi connectivity index (χ4n) is 7.50. The highest BCUT2D eigenvalue weighted by Crippen LogP contribution is 2.49. The Balaban J connectivity index is 1.37. The van der Waals surface area contributed by atoms with E-state index in [0.29, 0.717) is 29.0 Å². The average Bonchev–Trinajstić information content (AvgIpc) is 3.41. The minimum atomic E-state index is -0.145. The van der Waals surface area contributed by atoms with Crippen LogP contribution < -0.4 is 9.64 Å². The smallest absolute Gasteiger partial charge is 0.219 e. The standard InChI is InChI=1S/C40H41N3O2/c1-24(2)30-16-11-17-31(25(3)4)37(30)43-38-33(23-27-12-7-8-18-32(27)40(38,5)6)41-39(43)28-14-9-15-29(22-28)45-35-21-20-26-13-10-19-34(44)36(26)42-35/h7-22,24-25,33,38,44H,23H2,1-6H3/t33-,38-/m0/s1. The highest BCUT2D eigenvalue weighted by molar-refractivity contribution is 6.13. The molecule has 0 amide bonds. The number of phenols is 1. The number of para-hydroxylation sites is 2. The molecule has 0 spiro atoms. The quantitative estimate of drug-likeness (QED) is 0.212. The predicted octanol–water partition coefficient (Wildman–Crippen LogP) is 9.52. The van der Waals surface area contributed by atoms with Crippen molar-refractivity contribution in [2.45, 2.75) is 77.3 Å². The predicted molar refractivity (Wildman–Crippen MR) is 184 cm³/mol. The van der Waals surface area contributed by atoms with Crippen molar-refractivity contribution in [3.05, 3.63) is 125 Å². The molecule has 4 aromatic carbocycles. The van der Waals surface area contributed by atoms with Gasteiger partial charge in [0.2, 0.25) is 5.88 Å². The van der Waals surface area contributed by atoms with Crippen molar-refractivity contribution in [2.24, 2.45) is 4.99 Å². The Morgan fingerprint density at radius 2 is 1.53 bits per heavy atom. The van der Waals surface area contributed by atoms with Gasteiger partial charge in [-0.15, -0.1) is 0 Å². The first-order valence-corrected chi connectivity index (χ1v) is 16.1. The number of ether oxygens (including phenoxy) is 1. The van der Waals surface area contributed by atoms with Gasteiger partial charge in [0.25, 0.3) is 0 Å². The second kappa shape index (κ2) is 11.1. The number of pyridine rings is 1. The molecule has 5 heteroatoms. The van der Waals surface area contributed by atoms with E-state index >= 15 is 0 Å². The van der Waals surface area contributed by atoms with Crippen molar-refractivity contribution in [3.63, 3.8) is 0 Å². The van der Waals surface area contributed by atoms with Gasteiger partial charge in [-0.05, 0) is 64.8 Å². The molecule has 0 radical (unpaired) electrons. The molecule has 2 aliphatic rings. The maximum atomic E-state index is 10.4. The lowest BCUT2D eigenvalue weighted by Gasteiger charge is -2.47. The lowest BCUT2D eigenvalue weighted by molar-refractivity contribution is 0.343. The van der Waals surface area contributed by atoms with E-state index in [2.05, 4.69) is 106 Å². The number of amidine groups is 1. The van der Waals surface area contributed by atoms with Crippen LogP contribution in [0.3, 0.4) is 0 Å². The van der Waals surface area contributed by atoms with Gasteiger partial charge in [-0.25, -0.2) is 4.98 Å². The van der Waals surface area contributed by atoms with Crippen LogP contribution in [0.4, 0.5) is 5.69 Å². The van der Waals surface area contributed by atoms with Crippen molar-refractivity contribution in [1.29, 1.82) is 0 Å². The second-order valence-corrected chi connectivity index (χ2v) is 13.6. The van der Waals surface area contributed by atoms with Gasteiger partial charge < -0.3 is 14.7 Å². The van der Waals surface area contributed by atoms with Crippen LogP contribution in [0.5, 0.6) is 17.4 Å². The summed E-state index contributed by atoms with van der Waals surface area (Å²) < 4.78 is 6.32. The monoisotopic (exact) mass is 595 g/mol. The zero-order valence-electron chi connectivity index (χ0n) is 27.0. The summed E-state index contributed by atoms with van der Waals surface area (Å²) in [7, 11) is 0. The number of aromatic hydroxyl groups is 1. The van der Waals surface area contributed by atoms with E-state index in [4.69, 9.17) is 9.73 Å². The van der Waals surface area contributed by atoms with Gasteiger partial charge in [-0.2, -0.15) is 0 Å². The topological polar surface area (TPSA) is 58.0 Å². The molecule has 5 nitrogen and oxygen atoms in total. The molecule has 1 aliphatic carbocycles. The van der Waals surface area contributed by atoms with E-state index in [1.165, 1.54) is 27.9 Å². The van der Waals surface area contributed by atoms with Gasteiger partial charge in [0.15, 0.2) is 0 Å². The minimum absolute atomic E-state index is 0.111. The Bertz CT molecular complexity index is 1910. The van der Waals surface area contributed by atoms with Gasteiger partial charge in [0.1, 0.15) is 22.9 Å². The van der Waals surface area contributed by atoms with Crippen molar-refractivity contribution in [2.75, 3.05) is 4.90 Å². The summed E-state index contributed by atoms with van der Waals surface area (Å²) in [6.45, 7) is 13.9. The number of phenolic OH excluding ortho intramolecular Hbond substituents is 1. The van der Waals surface area contributed by atoms with E-state index in [1.54, 1.807) is 6.07 Å². The fourth-order valence-corrected chi connectivity index (χ4v) is 7.50. The highest BCUT2D eigenvalue weighted by atomic mass is 16.5. The average molecular weight is 596 g/mol. The van der Waals surface area contributed by atoms with Gasteiger partial charge in [0, 0.05) is 28.1 Å². The van der Waals surface area contributed by atoms with Crippen LogP contribution in [0.25, 0.3) is 10.9 Å². The van der Waals surface area contributed by atoms with Crippen LogP contribution in [-0.2, 0) is 11.8 Å². The summed E-state index contributed by atoms with van der Waals surface area (Å²) in [5.41, 5.74) is 8.16. The number of aromatic nitrogens is 1. The van der Waals surface area contributed by atoms with Gasteiger partial charge in [-0.3, -0.25) is 4.99 Å². The lowest BCUT2D eigenvalue weighted by Crippen LogP contribution is -2.55. The summed E-state index contributed by atoms with van der Waals surface area (Å²) >= 11 is 0. The van der Waals surface area contributed by atoms with E-state index < -0.39 is 0 Å². The van der Waals surface area contributed by atoms with Gasteiger partial charge in [-0.1, -0.05) is 108 Å². The van der Waals surface area contributed by atoms with Crippen LogP contribution >= 0.6 is 0 Å². The molecule has 2 atom stereocenters. The number of anilines is 1. The largest absolute Gasteiger partial charge is 0.506 e. The number of hydrogen-bond donors (Lipinski definition) is 1.